The van der Waals surface area contributed by atoms with Gasteiger partial charge in [0.25, 0.3) is 0 Å². The van der Waals surface area contributed by atoms with Gasteiger partial charge in [0.05, 0.1) is 13.0 Å². The van der Waals surface area contributed by atoms with Crippen molar-refractivity contribution in [2.24, 2.45) is 5.41 Å². The van der Waals surface area contributed by atoms with E-state index in [2.05, 4.69) is 47.8 Å². The topological polar surface area (TPSA) is 112 Å². The number of hydrogen-bond acceptors (Lipinski definition) is 6. The van der Waals surface area contributed by atoms with Crippen LogP contribution >= 0.6 is 47.8 Å². The molecule has 0 aromatic rings. The van der Waals surface area contributed by atoms with E-state index in [0.29, 0.717) is 0 Å². The molecule has 0 bridgehead atoms. The maximum Gasteiger partial charge on any atom is 0.201 e. The highest BCUT2D eigenvalue weighted by Crippen LogP contribution is 2.56. The second kappa shape index (κ2) is 7.23. The van der Waals surface area contributed by atoms with Crippen LogP contribution in [0.5, 0.6) is 0 Å². The first-order valence-electron chi connectivity index (χ1n) is 8.56. The van der Waals surface area contributed by atoms with Crippen LogP contribution in [0.1, 0.15) is 60.8 Å². The summed E-state index contributed by atoms with van der Waals surface area (Å²) in [5.74, 6) is -5.58. The molecule has 27 heavy (non-hydrogen) atoms. The highest BCUT2D eigenvalue weighted by molar-refractivity contribution is 9.10. The van der Waals surface area contributed by atoms with Crippen molar-refractivity contribution in [2.45, 2.75) is 85.2 Å². The summed E-state index contributed by atoms with van der Waals surface area (Å²) in [5.41, 5.74) is -5.41. The number of ketones is 3. The van der Waals surface area contributed by atoms with E-state index in [9.17, 15) is 29.7 Å². The molecule has 0 saturated heterocycles. The molecule has 0 aliphatic heterocycles. The van der Waals surface area contributed by atoms with Crippen LogP contribution in [0.2, 0.25) is 0 Å². The molecule has 156 valence electrons. The van der Waals surface area contributed by atoms with Gasteiger partial charge >= 0.3 is 0 Å². The summed E-state index contributed by atoms with van der Waals surface area (Å²) in [6.07, 6.45) is -0.482. The van der Waals surface area contributed by atoms with Crippen molar-refractivity contribution in [3.8, 4) is 0 Å². The van der Waals surface area contributed by atoms with Crippen molar-refractivity contribution in [2.75, 3.05) is 0 Å². The smallest absolute Gasteiger partial charge is 0.201 e. The van der Waals surface area contributed by atoms with Crippen molar-refractivity contribution < 1.29 is 29.7 Å². The minimum atomic E-state index is -3.05. The maximum absolute atomic E-state index is 13.5. The van der Waals surface area contributed by atoms with Crippen molar-refractivity contribution in [3.05, 3.63) is 0 Å². The Morgan fingerprint density at radius 2 is 1.04 bits per heavy atom. The Labute approximate surface area is 184 Å². The van der Waals surface area contributed by atoms with Gasteiger partial charge in [0.2, 0.25) is 5.79 Å². The van der Waals surface area contributed by atoms with Gasteiger partial charge in [-0.05, 0) is 54.4 Å². The van der Waals surface area contributed by atoms with E-state index in [1.807, 2.05) is 0 Å². The van der Waals surface area contributed by atoms with Gasteiger partial charge in [-0.2, -0.15) is 0 Å². The monoisotopic (exact) mass is 576 g/mol. The maximum atomic E-state index is 13.5. The van der Waals surface area contributed by atoms with E-state index >= 15 is 0 Å². The number of aliphatic hydroxyl groups is 3. The number of alkyl halides is 3. The van der Waals surface area contributed by atoms with Gasteiger partial charge in [0.1, 0.15) is 5.41 Å². The molecule has 1 saturated carbocycles. The normalized spacial score (nSPS) is 25.8. The third-order valence-corrected chi connectivity index (χ3v) is 6.08. The molecular weight excluding hydrogens is 552 g/mol. The van der Waals surface area contributed by atoms with Crippen LogP contribution < -0.4 is 0 Å². The molecule has 6 nitrogen and oxygen atoms in total. The zero-order valence-electron chi connectivity index (χ0n) is 16.3. The fraction of sp³-hybridized carbons (Fsp3) is 0.833. The van der Waals surface area contributed by atoms with Gasteiger partial charge in [0.15, 0.2) is 23.0 Å². The average molecular weight is 579 g/mol. The lowest BCUT2D eigenvalue weighted by atomic mass is 9.51. The van der Waals surface area contributed by atoms with E-state index in [0.717, 1.165) is 0 Å². The van der Waals surface area contributed by atoms with Crippen LogP contribution in [0.4, 0.5) is 0 Å². The van der Waals surface area contributed by atoms with Crippen molar-refractivity contribution >= 4 is 65.1 Å². The van der Waals surface area contributed by atoms with E-state index in [4.69, 9.17) is 0 Å². The molecule has 1 atom stereocenters. The van der Waals surface area contributed by atoms with Crippen LogP contribution in [0.3, 0.4) is 0 Å². The predicted molar refractivity (Wildman–Crippen MR) is 112 cm³/mol. The van der Waals surface area contributed by atoms with Crippen molar-refractivity contribution in [1.29, 1.82) is 0 Å². The van der Waals surface area contributed by atoms with Crippen LogP contribution in [0, 0.1) is 5.41 Å². The molecule has 1 aliphatic carbocycles. The first-order valence-corrected chi connectivity index (χ1v) is 10.9. The average Bonchev–Trinajstić information content (AvgIpc) is 2.45. The second-order valence-electron chi connectivity index (χ2n) is 8.69. The molecule has 1 unspecified atom stereocenters. The largest absolute Gasteiger partial charge is 0.376 e. The molecule has 0 aromatic heterocycles. The molecule has 1 aliphatic rings. The molecule has 0 heterocycles. The highest BCUT2D eigenvalue weighted by Gasteiger charge is 2.77. The summed E-state index contributed by atoms with van der Waals surface area (Å²) in [6.45, 7) is 8.77. The van der Waals surface area contributed by atoms with Gasteiger partial charge in [-0.3, -0.25) is 14.4 Å². The van der Waals surface area contributed by atoms with E-state index < -0.39 is 47.1 Å². The first kappa shape index (κ1) is 25.4. The molecule has 0 spiro atoms. The molecule has 0 amide bonds. The van der Waals surface area contributed by atoms with Gasteiger partial charge in [-0.15, -0.1) is 0 Å². The Morgan fingerprint density at radius 1 is 0.704 bits per heavy atom. The molecule has 0 radical (unpaired) electrons. The first-order chi connectivity index (χ1) is 11.7. The lowest BCUT2D eigenvalue weighted by Crippen LogP contribution is -2.79. The molecule has 1 fully saturated rings. The summed E-state index contributed by atoms with van der Waals surface area (Å²) in [5, 5.41) is 33.1. The van der Waals surface area contributed by atoms with Gasteiger partial charge < -0.3 is 15.3 Å². The summed E-state index contributed by atoms with van der Waals surface area (Å²) >= 11 is 9.59. The Hall–Kier alpha value is 0.330. The summed E-state index contributed by atoms with van der Waals surface area (Å²) in [4.78, 5) is 40.3. The summed E-state index contributed by atoms with van der Waals surface area (Å²) in [7, 11) is 0. The van der Waals surface area contributed by atoms with Gasteiger partial charge in [-0.1, -0.05) is 47.8 Å². The SMILES string of the molecule is CC(C)(Br)C(=O)C1(C(=O)C(C)(C)Br)CCCC(O)(O)C1(O)C(=O)C(C)(C)Br. The molecule has 9 heteroatoms. The Morgan fingerprint density at radius 3 is 1.33 bits per heavy atom. The molecule has 0 aromatic carbocycles. The molecule has 1 rings (SSSR count). The zero-order valence-corrected chi connectivity index (χ0v) is 21.1. The Balaban J connectivity index is 4.05. The van der Waals surface area contributed by atoms with Crippen LogP contribution in [0.15, 0.2) is 0 Å². The van der Waals surface area contributed by atoms with E-state index in [1.54, 1.807) is 0 Å². The Bertz CT molecular complexity index is 625. The molecule has 3 N–H and O–H groups in total. The third-order valence-electron chi connectivity index (χ3n) is 5.00. The van der Waals surface area contributed by atoms with Gasteiger partial charge in [0, 0.05) is 6.42 Å². The number of rotatable bonds is 6. The minimum Gasteiger partial charge on any atom is -0.376 e. The van der Waals surface area contributed by atoms with E-state index in [-0.39, 0.29) is 19.3 Å². The number of Topliss-reactive ketones (excluding diaryl/α,β-unsaturated/α-hetero) is 3. The quantitative estimate of drug-likeness (QED) is 0.254. The fourth-order valence-electron chi connectivity index (χ4n) is 3.78. The summed E-state index contributed by atoms with van der Waals surface area (Å²) < 4.78 is -4.04. The number of halogens is 3. The number of carbonyl (C=O) groups is 3. The number of hydrogen-bond donors (Lipinski definition) is 3. The lowest BCUT2D eigenvalue weighted by Gasteiger charge is -2.56. The second-order valence-corrected chi connectivity index (χ2v) is 14.6. The van der Waals surface area contributed by atoms with Crippen LogP contribution in [-0.2, 0) is 14.4 Å². The van der Waals surface area contributed by atoms with Crippen molar-refractivity contribution in [3.63, 3.8) is 0 Å². The van der Waals surface area contributed by atoms with E-state index in [1.165, 1.54) is 41.5 Å². The zero-order chi connectivity index (χ0) is 21.9. The predicted octanol–water partition coefficient (Wildman–Crippen LogP) is 2.80. The van der Waals surface area contributed by atoms with Crippen LogP contribution in [-0.4, -0.2) is 57.0 Å². The highest BCUT2D eigenvalue weighted by atomic mass is 79.9. The third kappa shape index (κ3) is 4.01. The Kier molecular flexibility index (Phi) is 6.79. The summed E-state index contributed by atoms with van der Waals surface area (Å²) in [6, 6.07) is 0. The fourth-order valence-corrected chi connectivity index (χ4v) is 4.75. The van der Waals surface area contributed by atoms with Crippen molar-refractivity contribution in [1.82, 2.24) is 0 Å². The number of carbonyl (C=O) groups excluding carboxylic acids is 3. The van der Waals surface area contributed by atoms with Gasteiger partial charge in [-0.25, -0.2) is 0 Å². The minimum absolute atomic E-state index is 0.0644. The van der Waals surface area contributed by atoms with Crippen LogP contribution in [0.25, 0.3) is 0 Å². The lowest BCUT2D eigenvalue weighted by molar-refractivity contribution is -0.306. The molecular formula is C18H27Br3O6. The standard InChI is InChI=1S/C18H27Br3O6/c1-13(2,19)10(22)16(11(23)14(3,4)20)8-7-9-17(25,26)18(16,27)12(24)15(5,6)21/h25-27H,7-9H2,1-6H3.